The van der Waals surface area contributed by atoms with Gasteiger partial charge in [-0.2, -0.15) is 5.10 Å². The Kier molecular flexibility index (Phi) is 11.4. The fourth-order valence-corrected chi connectivity index (χ4v) is 4.01. The fourth-order valence-electron chi connectivity index (χ4n) is 4.01. The minimum Gasteiger partial charge on any atom is -0.480 e. The van der Waals surface area contributed by atoms with Gasteiger partial charge in [0.25, 0.3) is 5.92 Å². The Morgan fingerprint density at radius 3 is 2.57 bits per heavy atom. The zero-order chi connectivity index (χ0) is 26.8. The Labute approximate surface area is 202 Å². The van der Waals surface area contributed by atoms with Gasteiger partial charge in [-0.05, 0) is 30.7 Å². The van der Waals surface area contributed by atoms with Gasteiger partial charge in [-0.1, -0.05) is 19.9 Å². The van der Waals surface area contributed by atoms with Crippen LogP contribution in [-0.2, 0) is 26.2 Å². The van der Waals surface area contributed by atoms with Crippen molar-refractivity contribution in [2.45, 2.75) is 38.5 Å². The molecule has 0 aliphatic carbocycles. The van der Waals surface area contributed by atoms with Gasteiger partial charge in [-0.3, -0.25) is 29.3 Å². The Hall–Kier alpha value is -3.41. The number of amides is 2. The normalized spacial score (nSPS) is 16.8. The number of aryl methyl sites for hydroxylation is 1. The number of carbonyl (C=O) groups excluding carboxylic acids is 3. The molecule has 1 aromatic heterocycles. The highest BCUT2D eigenvalue weighted by molar-refractivity contribution is 5.91. The summed E-state index contributed by atoms with van der Waals surface area (Å²) in [6.07, 6.45) is 0.594. The number of nitrogens with one attached hydrogen (secondary N) is 1. The SMILES string of the molecule is C=O.CC.CN(CCC(=O)NC=O)c1nn(C)c2cc(C3CCN(CC(=O)O)CC3(F)F)ccc12. The van der Waals surface area contributed by atoms with Crippen molar-refractivity contribution < 1.29 is 33.1 Å². The lowest BCUT2D eigenvalue weighted by Crippen LogP contribution is -2.48. The molecule has 3 rings (SSSR count). The largest absolute Gasteiger partial charge is 0.480 e. The van der Waals surface area contributed by atoms with Gasteiger partial charge in [0, 0.05) is 32.4 Å². The van der Waals surface area contributed by atoms with Gasteiger partial charge < -0.3 is 14.8 Å². The quantitative estimate of drug-likeness (QED) is 0.531. The van der Waals surface area contributed by atoms with Crippen LogP contribution in [-0.4, -0.2) is 84.0 Å². The lowest BCUT2D eigenvalue weighted by molar-refractivity contribution is -0.142. The summed E-state index contributed by atoms with van der Waals surface area (Å²) >= 11 is 0. The number of likely N-dealkylation sites (tertiary alicyclic amines) is 1. The summed E-state index contributed by atoms with van der Waals surface area (Å²) in [4.78, 5) is 43.7. The summed E-state index contributed by atoms with van der Waals surface area (Å²) in [5, 5.41) is 16.2. The van der Waals surface area contributed by atoms with Crippen molar-refractivity contribution in [3.8, 4) is 0 Å². The second-order valence-electron chi connectivity index (χ2n) is 7.79. The van der Waals surface area contributed by atoms with E-state index in [2.05, 4.69) is 10.4 Å². The first-order valence-electron chi connectivity index (χ1n) is 11.1. The summed E-state index contributed by atoms with van der Waals surface area (Å²) in [6.45, 7) is 5.62. The molecule has 35 heavy (non-hydrogen) atoms. The van der Waals surface area contributed by atoms with Crippen LogP contribution in [0.1, 0.15) is 38.2 Å². The van der Waals surface area contributed by atoms with Crippen LogP contribution >= 0.6 is 0 Å². The second kappa shape index (κ2) is 13.5. The average molecular weight is 498 g/mol. The number of carbonyl (C=O) groups is 4. The van der Waals surface area contributed by atoms with Crippen molar-refractivity contribution >= 4 is 41.8 Å². The summed E-state index contributed by atoms with van der Waals surface area (Å²) < 4.78 is 31.2. The Morgan fingerprint density at radius 1 is 1.34 bits per heavy atom. The second-order valence-corrected chi connectivity index (χ2v) is 7.79. The summed E-state index contributed by atoms with van der Waals surface area (Å²) in [6, 6.07) is 5.10. The molecular weight excluding hydrogens is 464 g/mol. The van der Waals surface area contributed by atoms with Crippen molar-refractivity contribution in [3.63, 3.8) is 0 Å². The molecule has 2 N–H and O–H groups in total. The van der Waals surface area contributed by atoms with Crippen molar-refractivity contribution in [2.24, 2.45) is 7.05 Å². The highest BCUT2D eigenvalue weighted by atomic mass is 19.3. The van der Waals surface area contributed by atoms with Crippen molar-refractivity contribution in [2.75, 3.05) is 38.1 Å². The van der Waals surface area contributed by atoms with Crippen LogP contribution < -0.4 is 10.2 Å². The molecule has 2 heterocycles. The third-order valence-electron chi connectivity index (χ3n) is 5.55. The van der Waals surface area contributed by atoms with Crippen LogP contribution in [0.5, 0.6) is 0 Å². The number of anilines is 1. The molecule has 0 saturated carbocycles. The van der Waals surface area contributed by atoms with Crippen LogP contribution in [0.25, 0.3) is 10.9 Å². The van der Waals surface area contributed by atoms with E-state index in [9.17, 15) is 23.2 Å². The first-order valence-corrected chi connectivity index (χ1v) is 11.1. The van der Waals surface area contributed by atoms with Crippen molar-refractivity contribution in [1.29, 1.82) is 0 Å². The molecule has 1 aromatic carbocycles. The Morgan fingerprint density at radius 2 is 2.00 bits per heavy atom. The molecule has 1 atom stereocenters. The standard InChI is InChI=1S/C20H25F2N5O4.C2H6.CH2O/c1-25(7-6-17(29)23-12-28)19-14-4-3-13(9-16(14)26(2)24-19)15-5-8-27(10-18(30)31)11-20(15,21)22;2*1-2/h3-4,9,12,15H,5-8,10-11H2,1-2H3,(H,30,31)(H,23,28,29);1-2H3;1H2. The van der Waals surface area contributed by atoms with E-state index in [1.54, 1.807) is 41.9 Å². The monoisotopic (exact) mass is 497 g/mol. The van der Waals surface area contributed by atoms with E-state index in [1.165, 1.54) is 4.90 Å². The lowest BCUT2D eigenvalue weighted by atomic mass is 9.86. The maximum absolute atomic E-state index is 14.8. The summed E-state index contributed by atoms with van der Waals surface area (Å²) in [7, 11) is 3.48. The number of fused-ring (bicyclic) bond motifs is 1. The molecule has 1 saturated heterocycles. The lowest BCUT2D eigenvalue weighted by Gasteiger charge is -2.37. The zero-order valence-electron chi connectivity index (χ0n) is 20.5. The van der Waals surface area contributed by atoms with Crippen LogP contribution in [0.4, 0.5) is 14.6 Å². The predicted octanol–water partition coefficient (Wildman–Crippen LogP) is 2.02. The van der Waals surface area contributed by atoms with E-state index in [4.69, 9.17) is 9.90 Å². The molecule has 12 heteroatoms. The maximum Gasteiger partial charge on any atom is 0.317 e. The van der Waals surface area contributed by atoms with E-state index >= 15 is 0 Å². The molecule has 1 fully saturated rings. The Balaban J connectivity index is 0.00000145. The molecule has 2 aromatic rings. The van der Waals surface area contributed by atoms with Gasteiger partial charge in [-0.25, -0.2) is 8.78 Å². The number of imide groups is 1. The molecule has 194 valence electrons. The molecule has 10 nitrogen and oxygen atoms in total. The molecule has 0 spiro atoms. The van der Waals surface area contributed by atoms with E-state index in [1.807, 2.05) is 20.6 Å². The van der Waals surface area contributed by atoms with Crippen molar-refractivity contribution in [1.82, 2.24) is 20.0 Å². The highest BCUT2D eigenvalue weighted by Crippen LogP contribution is 2.41. The van der Waals surface area contributed by atoms with E-state index in [0.29, 0.717) is 29.9 Å². The number of hydrogen-bond acceptors (Lipinski definition) is 7. The number of aliphatic carboxylic acids is 1. The molecule has 1 unspecified atom stereocenters. The van der Waals surface area contributed by atoms with Gasteiger partial charge in [0.2, 0.25) is 12.3 Å². The number of rotatable bonds is 8. The van der Waals surface area contributed by atoms with E-state index < -0.39 is 36.8 Å². The third-order valence-corrected chi connectivity index (χ3v) is 5.55. The number of hydrogen-bond donors (Lipinski definition) is 2. The first-order chi connectivity index (χ1) is 16.6. The molecule has 2 amide bonds. The maximum atomic E-state index is 14.8. The number of piperidine rings is 1. The number of alkyl halides is 2. The van der Waals surface area contributed by atoms with Crippen LogP contribution in [0, 0.1) is 0 Å². The minimum atomic E-state index is -3.05. The van der Waals surface area contributed by atoms with Gasteiger partial charge in [0.15, 0.2) is 5.82 Å². The number of carboxylic acid groups (broad SMARTS) is 1. The summed E-state index contributed by atoms with van der Waals surface area (Å²) in [5.74, 6) is -4.98. The van der Waals surface area contributed by atoms with Gasteiger partial charge in [0.05, 0.1) is 24.5 Å². The smallest absolute Gasteiger partial charge is 0.317 e. The van der Waals surface area contributed by atoms with Gasteiger partial charge >= 0.3 is 5.97 Å². The first kappa shape index (κ1) is 29.6. The van der Waals surface area contributed by atoms with Gasteiger partial charge in [0.1, 0.15) is 6.79 Å². The van der Waals surface area contributed by atoms with Crippen LogP contribution in [0.15, 0.2) is 18.2 Å². The van der Waals surface area contributed by atoms with Crippen LogP contribution in [0.2, 0.25) is 0 Å². The number of carboxylic acids is 1. The average Bonchev–Trinajstić information content (AvgIpc) is 3.15. The number of aromatic nitrogens is 2. The zero-order valence-corrected chi connectivity index (χ0v) is 20.5. The number of halogens is 2. The Bertz CT molecular complexity index is 1010. The summed E-state index contributed by atoms with van der Waals surface area (Å²) in [5.41, 5.74) is 1.16. The number of nitrogens with zero attached hydrogens (tertiary/aromatic N) is 4. The number of benzene rings is 1. The molecule has 0 bridgehead atoms. The van der Waals surface area contributed by atoms with Crippen molar-refractivity contribution in [3.05, 3.63) is 23.8 Å². The minimum absolute atomic E-state index is 0.104. The van der Waals surface area contributed by atoms with E-state index in [0.717, 1.165) is 5.39 Å². The molecular formula is C23H33F2N5O5. The third kappa shape index (κ3) is 7.54. The van der Waals surface area contributed by atoms with Gasteiger partial charge in [-0.15, -0.1) is 0 Å². The van der Waals surface area contributed by atoms with E-state index in [-0.39, 0.29) is 19.4 Å². The molecule has 1 aliphatic rings. The highest BCUT2D eigenvalue weighted by Gasteiger charge is 2.45. The topological polar surface area (TPSA) is 125 Å². The van der Waals surface area contributed by atoms with Crippen LogP contribution in [0.3, 0.4) is 0 Å². The molecule has 1 aliphatic heterocycles. The molecule has 0 radical (unpaired) electrons. The predicted molar refractivity (Wildman–Crippen MR) is 128 cm³/mol. The fraction of sp³-hybridized carbons (Fsp3) is 0.522.